The number of benzene rings is 6. The van der Waals surface area contributed by atoms with Crippen molar-refractivity contribution in [2.45, 2.75) is 52.4 Å². The standard InChI is InChI=1S/C50H40N4O4.2Pt/c1-49(2,3)33-23-29(35-15-11-19-43-45(35)53-47(57-43)37-13-7-9-17-41(37)55)21-31(25-33)39-27-40(52-28-51-39)32-22-30(24-34(26-32)50(4,5)6)36-16-12-20-44-46(36)54-48(58-44)38-14-8-10-18-42(38)56;;/h7-20,23-28,55-56H,1-6H3;;/q-2;;. The summed E-state index contributed by atoms with van der Waals surface area (Å²) < 4.78 is 12.3. The number of oxazole rings is 2. The van der Waals surface area contributed by atoms with Gasteiger partial charge in [-0.25, -0.2) is 9.97 Å². The second-order valence-corrected chi connectivity index (χ2v) is 16.6. The summed E-state index contributed by atoms with van der Waals surface area (Å²) in [5.74, 6) is 0.892. The monoisotopic (exact) mass is 1150 g/mol. The zero-order valence-corrected chi connectivity index (χ0v) is 38.2. The van der Waals surface area contributed by atoms with Crippen LogP contribution in [0.5, 0.6) is 11.5 Å². The van der Waals surface area contributed by atoms with Crippen LogP contribution in [-0.4, -0.2) is 30.1 Å². The van der Waals surface area contributed by atoms with Gasteiger partial charge in [-0.1, -0.05) is 118 Å². The van der Waals surface area contributed by atoms with E-state index in [0.29, 0.717) is 56.5 Å². The molecule has 6 aromatic carbocycles. The van der Waals surface area contributed by atoms with E-state index < -0.39 is 0 Å². The number of fused-ring (bicyclic) bond motifs is 2. The van der Waals surface area contributed by atoms with Gasteiger partial charge in [-0.15, -0.1) is 58.7 Å². The van der Waals surface area contributed by atoms with Crippen LogP contribution in [-0.2, 0) is 53.0 Å². The van der Waals surface area contributed by atoms with Gasteiger partial charge in [-0.3, -0.25) is 9.97 Å². The molecule has 3 heterocycles. The van der Waals surface area contributed by atoms with E-state index in [1.807, 2.05) is 54.6 Å². The number of aromatic nitrogens is 4. The summed E-state index contributed by atoms with van der Waals surface area (Å²) >= 11 is 0. The fourth-order valence-electron chi connectivity index (χ4n) is 7.10. The molecule has 0 radical (unpaired) electrons. The SMILES string of the molecule is CC(C)(C)c1cc(-c2cc(-c3[c-]c(-c4cccc5oc(-c6ccccc6O)nc45)cc(C(C)(C)C)c3)ncn2)[c-]c(-c2cccc3oc(-c4ccccc4O)nc23)c1.[Pt].[Pt]. The van der Waals surface area contributed by atoms with Crippen molar-refractivity contribution in [3.63, 3.8) is 0 Å². The van der Waals surface area contributed by atoms with Gasteiger partial charge < -0.3 is 19.0 Å². The molecular weight excluding hydrogens is 1110 g/mol. The zero-order chi connectivity index (χ0) is 40.3. The van der Waals surface area contributed by atoms with Gasteiger partial charge >= 0.3 is 0 Å². The predicted molar refractivity (Wildman–Crippen MR) is 228 cm³/mol. The number of phenols is 2. The van der Waals surface area contributed by atoms with Gasteiger partial charge in [-0.05, 0) is 47.2 Å². The molecular formula is C50H40N4O4Pt2-2. The van der Waals surface area contributed by atoms with Crippen LogP contribution in [0, 0.1) is 12.1 Å². The van der Waals surface area contributed by atoms with E-state index in [4.69, 9.17) is 28.8 Å². The first kappa shape index (κ1) is 42.4. The Morgan fingerprint density at radius 1 is 0.467 bits per heavy atom. The van der Waals surface area contributed by atoms with Gasteiger partial charge in [-0.2, -0.15) is 0 Å². The fourth-order valence-corrected chi connectivity index (χ4v) is 7.10. The van der Waals surface area contributed by atoms with Crippen molar-refractivity contribution in [3.05, 3.63) is 145 Å². The Bertz CT molecular complexity index is 2830. The van der Waals surface area contributed by atoms with E-state index in [-0.39, 0.29) is 64.5 Å². The third-order valence-corrected chi connectivity index (χ3v) is 10.4. The minimum atomic E-state index is -0.196. The molecule has 10 heteroatoms. The summed E-state index contributed by atoms with van der Waals surface area (Å²) in [4.78, 5) is 19.3. The molecule has 9 rings (SSSR count). The molecule has 2 N–H and O–H groups in total. The summed E-state index contributed by atoms with van der Waals surface area (Å²) in [6.07, 6.45) is 1.59. The fraction of sp³-hybridized carbons (Fsp3) is 0.160. The van der Waals surface area contributed by atoms with Crippen molar-refractivity contribution in [2.75, 3.05) is 0 Å². The molecule has 0 spiro atoms. The summed E-state index contributed by atoms with van der Waals surface area (Å²) in [6.45, 7) is 13.1. The Hall–Kier alpha value is -5.68. The second-order valence-electron chi connectivity index (χ2n) is 16.6. The molecule has 60 heavy (non-hydrogen) atoms. The Kier molecular flexibility index (Phi) is 11.6. The van der Waals surface area contributed by atoms with Crippen LogP contribution in [0.2, 0.25) is 0 Å². The van der Waals surface area contributed by atoms with Crippen LogP contribution in [0.4, 0.5) is 0 Å². The van der Waals surface area contributed by atoms with Gasteiger partial charge in [0.15, 0.2) is 0 Å². The van der Waals surface area contributed by atoms with Crippen molar-refractivity contribution < 1.29 is 61.2 Å². The second kappa shape index (κ2) is 16.4. The third kappa shape index (κ3) is 8.11. The maximum Gasteiger partial charge on any atom is 0.230 e. The maximum absolute atomic E-state index is 10.6. The molecule has 0 unspecified atom stereocenters. The average Bonchev–Trinajstić information content (AvgIpc) is 3.85. The minimum Gasteiger partial charge on any atom is -0.507 e. The van der Waals surface area contributed by atoms with Crippen LogP contribution < -0.4 is 0 Å². The molecule has 0 fully saturated rings. The molecule has 0 atom stereocenters. The number of para-hydroxylation sites is 4. The predicted octanol–water partition coefficient (Wildman–Crippen LogP) is 12.4. The molecule has 0 amide bonds. The number of rotatable bonds is 6. The van der Waals surface area contributed by atoms with Crippen molar-refractivity contribution in [3.8, 4) is 79.2 Å². The summed E-state index contributed by atoms with van der Waals surface area (Å²) in [6, 6.07) is 43.6. The van der Waals surface area contributed by atoms with Crippen LogP contribution >= 0.6 is 0 Å². The quantitative estimate of drug-likeness (QED) is 0.158. The molecule has 8 nitrogen and oxygen atoms in total. The smallest absolute Gasteiger partial charge is 0.230 e. The number of phenolic OH excluding ortho intramolecular Hbond substituents is 2. The molecule has 0 saturated carbocycles. The summed E-state index contributed by atoms with van der Waals surface area (Å²) in [5.41, 5.74) is 11.9. The maximum atomic E-state index is 10.6. The minimum absolute atomic E-state index is 0. The Morgan fingerprint density at radius 3 is 1.25 bits per heavy atom. The largest absolute Gasteiger partial charge is 0.507 e. The zero-order valence-electron chi connectivity index (χ0n) is 33.7. The van der Waals surface area contributed by atoms with Crippen LogP contribution in [0.3, 0.4) is 0 Å². The van der Waals surface area contributed by atoms with Gasteiger partial charge in [0.2, 0.25) is 11.8 Å². The number of nitrogens with zero attached hydrogens (tertiary/aromatic N) is 4. The number of aromatic hydroxyl groups is 2. The molecule has 0 aliphatic rings. The summed E-state index contributed by atoms with van der Waals surface area (Å²) in [7, 11) is 0. The molecule has 0 saturated heterocycles. The molecule has 0 aliphatic carbocycles. The van der Waals surface area contributed by atoms with E-state index in [9.17, 15) is 10.2 Å². The molecule has 3 aromatic heterocycles. The Morgan fingerprint density at radius 2 is 0.850 bits per heavy atom. The van der Waals surface area contributed by atoms with Crippen molar-refractivity contribution in [1.82, 2.24) is 19.9 Å². The topological polar surface area (TPSA) is 118 Å². The van der Waals surface area contributed by atoms with Crippen LogP contribution in [0.25, 0.3) is 89.9 Å². The molecule has 0 bridgehead atoms. The van der Waals surface area contributed by atoms with Crippen molar-refractivity contribution in [2.24, 2.45) is 0 Å². The average molecular weight is 1150 g/mol. The Balaban J connectivity index is 0.00000272. The van der Waals surface area contributed by atoms with E-state index in [1.54, 1.807) is 42.7 Å². The first-order valence-corrected chi connectivity index (χ1v) is 19.2. The van der Waals surface area contributed by atoms with E-state index in [1.165, 1.54) is 0 Å². The van der Waals surface area contributed by atoms with Crippen molar-refractivity contribution in [1.29, 1.82) is 0 Å². The first-order chi connectivity index (χ1) is 27.8. The van der Waals surface area contributed by atoms with E-state index >= 15 is 0 Å². The van der Waals surface area contributed by atoms with E-state index in [0.717, 1.165) is 44.5 Å². The number of hydrogen-bond donors (Lipinski definition) is 2. The molecule has 306 valence electrons. The normalized spacial score (nSPS) is 11.7. The van der Waals surface area contributed by atoms with Gasteiger partial charge in [0.05, 0.1) is 28.5 Å². The number of hydrogen-bond acceptors (Lipinski definition) is 8. The summed E-state index contributed by atoms with van der Waals surface area (Å²) in [5, 5.41) is 21.1. The van der Waals surface area contributed by atoms with E-state index in [2.05, 4.69) is 77.9 Å². The van der Waals surface area contributed by atoms with Gasteiger partial charge in [0.25, 0.3) is 0 Å². The van der Waals surface area contributed by atoms with Crippen LogP contribution in [0.1, 0.15) is 52.7 Å². The van der Waals surface area contributed by atoms with Crippen molar-refractivity contribution >= 4 is 22.2 Å². The van der Waals surface area contributed by atoms with Gasteiger partial charge in [0, 0.05) is 53.5 Å². The molecule has 0 aliphatic heterocycles. The third-order valence-electron chi connectivity index (χ3n) is 10.4. The molecule has 9 aromatic rings. The van der Waals surface area contributed by atoms with Crippen LogP contribution in [0.15, 0.2) is 130 Å². The Labute approximate surface area is 377 Å². The van der Waals surface area contributed by atoms with Gasteiger partial charge in [0.1, 0.15) is 22.7 Å². The first-order valence-electron chi connectivity index (χ1n) is 19.2.